The number of hydrogen-bond acceptors (Lipinski definition) is 7. The topological polar surface area (TPSA) is 108 Å². The molecule has 0 aromatic carbocycles. The van der Waals surface area contributed by atoms with Crippen LogP contribution >= 0.6 is 7.82 Å². The number of phosphoric ester groups is 1. The van der Waals surface area contributed by atoms with E-state index in [1.807, 2.05) is 21.1 Å². The fourth-order valence-electron chi connectivity index (χ4n) is 6.70. The molecule has 0 aromatic heterocycles. The lowest BCUT2D eigenvalue weighted by atomic mass is 10.0. The van der Waals surface area contributed by atoms with E-state index >= 15 is 0 Å². The van der Waals surface area contributed by atoms with Crippen LogP contribution in [0, 0.1) is 0 Å². The Morgan fingerprint density at radius 1 is 0.519 bits per heavy atom. The van der Waals surface area contributed by atoms with Gasteiger partial charge in [0.15, 0.2) is 6.61 Å². The molecular formula is C44H89NO8P+. The van der Waals surface area contributed by atoms with Crippen LogP contribution in [0.1, 0.15) is 226 Å². The number of phosphoric acid groups is 1. The van der Waals surface area contributed by atoms with E-state index in [1.165, 1.54) is 148 Å². The second-order valence-electron chi connectivity index (χ2n) is 16.8. The average Bonchev–Trinajstić information content (AvgIpc) is 3.12. The Balaban J connectivity index is 4.32. The summed E-state index contributed by atoms with van der Waals surface area (Å²) in [6.07, 6.45) is 36.6. The summed E-state index contributed by atoms with van der Waals surface area (Å²) in [6.45, 7) is 4.83. The maximum Gasteiger partial charge on any atom is 0.475 e. The van der Waals surface area contributed by atoms with Crippen LogP contribution < -0.4 is 0 Å². The van der Waals surface area contributed by atoms with Gasteiger partial charge in [0.05, 0.1) is 34.3 Å². The Kier molecular flexibility index (Phi) is 36.9. The highest BCUT2D eigenvalue weighted by Gasteiger charge is 2.30. The molecule has 0 saturated heterocycles. The predicted octanol–water partition coefficient (Wildman–Crippen LogP) is 13.2. The largest absolute Gasteiger partial charge is 0.475 e. The second-order valence-corrected chi connectivity index (χ2v) is 18.2. The Bertz CT molecular complexity index is 896. The third-order valence-corrected chi connectivity index (χ3v) is 11.1. The van der Waals surface area contributed by atoms with Gasteiger partial charge in [-0.15, -0.1) is 0 Å². The lowest BCUT2D eigenvalue weighted by Crippen LogP contribution is -2.35. The van der Waals surface area contributed by atoms with E-state index in [4.69, 9.17) is 18.5 Å². The summed E-state index contributed by atoms with van der Waals surface area (Å²) in [4.78, 5) is 35.5. The standard InChI is InChI=1S/C44H88NO8P/c1-6-8-10-12-14-16-18-20-22-24-26-28-30-32-34-37-42(46)50-41-44(53-54(48,49)51-40-36-39-45(3,4)5)52-43(47)38-35-33-31-29-27-25-23-21-19-17-15-13-11-9-7-2/h44H,6-41H2,1-5H3/p+1. The Morgan fingerprint density at radius 3 is 1.20 bits per heavy atom. The third kappa shape index (κ3) is 40.7. The molecule has 9 nitrogen and oxygen atoms in total. The number of esters is 2. The van der Waals surface area contributed by atoms with Crippen molar-refractivity contribution in [3.8, 4) is 0 Å². The van der Waals surface area contributed by atoms with Crippen molar-refractivity contribution in [1.29, 1.82) is 0 Å². The molecule has 0 aliphatic carbocycles. The van der Waals surface area contributed by atoms with Crippen LogP contribution in [0.3, 0.4) is 0 Å². The fourth-order valence-corrected chi connectivity index (χ4v) is 7.53. The van der Waals surface area contributed by atoms with Gasteiger partial charge in [0.2, 0.25) is 6.29 Å². The number of unbranched alkanes of at least 4 members (excludes halogenated alkanes) is 28. The summed E-state index contributed by atoms with van der Waals surface area (Å²) in [5, 5.41) is 0. The number of rotatable bonds is 42. The van der Waals surface area contributed by atoms with Crippen LogP contribution in [0.2, 0.25) is 0 Å². The molecular weight excluding hydrogens is 701 g/mol. The van der Waals surface area contributed by atoms with Crippen LogP contribution in [0.15, 0.2) is 0 Å². The summed E-state index contributed by atoms with van der Waals surface area (Å²) in [5.74, 6) is -0.980. The zero-order chi connectivity index (χ0) is 40.0. The summed E-state index contributed by atoms with van der Waals surface area (Å²) < 4.78 is 34.5. The average molecular weight is 791 g/mol. The number of carbonyl (C=O) groups excluding carboxylic acids is 2. The Morgan fingerprint density at radius 2 is 0.852 bits per heavy atom. The van der Waals surface area contributed by atoms with Crippen LogP contribution in [0.25, 0.3) is 0 Å². The molecule has 0 spiro atoms. The van der Waals surface area contributed by atoms with Gasteiger partial charge in [0.25, 0.3) is 0 Å². The van der Waals surface area contributed by atoms with E-state index in [2.05, 4.69) is 13.8 Å². The van der Waals surface area contributed by atoms with Crippen molar-refractivity contribution < 1.29 is 42.1 Å². The number of ether oxygens (including phenoxy) is 2. The number of hydrogen-bond donors (Lipinski definition) is 1. The van der Waals surface area contributed by atoms with Crippen molar-refractivity contribution in [3.05, 3.63) is 0 Å². The molecule has 0 heterocycles. The molecule has 10 heteroatoms. The van der Waals surface area contributed by atoms with Crippen molar-refractivity contribution in [1.82, 2.24) is 0 Å². The van der Waals surface area contributed by atoms with Crippen molar-refractivity contribution in [2.24, 2.45) is 0 Å². The summed E-state index contributed by atoms with van der Waals surface area (Å²) in [5.41, 5.74) is 0. The zero-order valence-electron chi connectivity index (χ0n) is 36.2. The minimum Gasteiger partial charge on any atom is -0.459 e. The lowest BCUT2D eigenvalue weighted by molar-refractivity contribution is -0.870. The summed E-state index contributed by atoms with van der Waals surface area (Å²) >= 11 is 0. The molecule has 322 valence electrons. The van der Waals surface area contributed by atoms with Crippen LogP contribution in [0.4, 0.5) is 0 Å². The molecule has 54 heavy (non-hydrogen) atoms. The molecule has 0 aliphatic heterocycles. The van der Waals surface area contributed by atoms with Crippen LogP contribution in [-0.2, 0) is 32.7 Å². The maximum atomic E-state index is 12.7. The molecule has 0 aliphatic rings. The lowest BCUT2D eigenvalue weighted by Gasteiger charge is -2.24. The molecule has 0 rings (SSSR count). The summed E-state index contributed by atoms with van der Waals surface area (Å²) in [6, 6.07) is 0. The highest BCUT2D eigenvalue weighted by molar-refractivity contribution is 7.47. The number of quaternary nitrogens is 1. The first-order chi connectivity index (χ1) is 26.0. The van der Waals surface area contributed by atoms with Gasteiger partial charge in [0, 0.05) is 19.3 Å². The minimum absolute atomic E-state index is 0.0159. The molecule has 0 bridgehead atoms. The second kappa shape index (κ2) is 37.6. The molecule has 1 N–H and O–H groups in total. The zero-order valence-corrected chi connectivity index (χ0v) is 37.1. The van der Waals surface area contributed by atoms with Crippen molar-refractivity contribution in [3.63, 3.8) is 0 Å². The highest BCUT2D eigenvalue weighted by Crippen LogP contribution is 2.45. The van der Waals surface area contributed by atoms with Gasteiger partial charge in [-0.25, -0.2) is 9.09 Å². The van der Waals surface area contributed by atoms with E-state index in [-0.39, 0.29) is 19.4 Å². The van der Waals surface area contributed by atoms with E-state index in [1.54, 1.807) is 0 Å². The summed E-state index contributed by atoms with van der Waals surface area (Å²) in [7, 11) is 1.54. The fraction of sp³-hybridized carbons (Fsp3) is 0.955. The van der Waals surface area contributed by atoms with E-state index in [0.717, 1.165) is 45.1 Å². The first-order valence-corrected chi connectivity index (χ1v) is 24.3. The van der Waals surface area contributed by atoms with Gasteiger partial charge >= 0.3 is 19.8 Å². The molecule has 0 radical (unpaired) electrons. The van der Waals surface area contributed by atoms with Crippen molar-refractivity contribution >= 4 is 19.8 Å². The van der Waals surface area contributed by atoms with Gasteiger partial charge in [-0.05, 0) is 12.8 Å². The first kappa shape index (κ1) is 53.0. The van der Waals surface area contributed by atoms with E-state index in [9.17, 15) is 19.0 Å². The Labute approximate surface area is 334 Å². The number of nitrogens with zero attached hydrogens (tertiary/aromatic N) is 1. The van der Waals surface area contributed by atoms with Crippen molar-refractivity contribution in [2.75, 3.05) is 40.9 Å². The minimum atomic E-state index is -4.54. The third-order valence-electron chi connectivity index (χ3n) is 10.1. The molecule has 0 fully saturated rings. The molecule has 2 unspecified atom stereocenters. The first-order valence-electron chi connectivity index (χ1n) is 22.8. The monoisotopic (exact) mass is 791 g/mol. The number of carbonyl (C=O) groups is 2. The SMILES string of the molecule is CCCCCCCCCCCCCCCCCC(=O)OCC(OC(=O)CCCCCCCCCCCCCCCCC)OP(=O)(O)OCCC[N+](C)(C)C. The van der Waals surface area contributed by atoms with Gasteiger partial charge < -0.3 is 18.9 Å². The smallest absolute Gasteiger partial charge is 0.459 e. The van der Waals surface area contributed by atoms with Gasteiger partial charge in [-0.1, -0.05) is 194 Å². The molecule has 0 saturated carbocycles. The van der Waals surface area contributed by atoms with E-state index in [0.29, 0.717) is 17.3 Å². The van der Waals surface area contributed by atoms with Crippen LogP contribution in [0.5, 0.6) is 0 Å². The predicted molar refractivity (Wildman–Crippen MR) is 224 cm³/mol. The van der Waals surface area contributed by atoms with E-state index < -0.39 is 32.7 Å². The van der Waals surface area contributed by atoms with Crippen molar-refractivity contribution in [2.45, 2.75) is 232 Å². The molecule has 0 amide bonds. The quantitative estimate of drug-likeness (QED) is 0.0214. The maximum absolute atomic E-state index is 12.7. The van der Waals surface area contributed by atoms with Gasteiger partial charge in [-0.2, -0.15) is 0 Å². The molecule has 2 atom stereocenters. The van der Waals surface area contributed by atoms with Crippen LogP contribution in [-0.4, -0.2) is 68.5 Å². The van der Waals surface area contributed by atoms with Gasteiger partial charge in [-0.3, -0.25) is 14.1 Å². The Hall–Kier alpha value is -0.990. The molecule has 0 aromatic rings. The normalized spacial score (nSPS) is 13.5. The van der Waals surface area contributed by atoms with Gasteiger partial charge in [0.1, 0.15) is 0 Å². The highest BCUT2D eigenvalue weighted by atomic mass is 31.2.